The van der Waals surface area contributed by atoms with E-state index in [1.165, 1.54) is 0 Å². The lowest BCUT2D eigenvalue weighted by Gasteiger charge is -1.97. The minimum absolute atomic E-state index is 0.546. The predicted molar refractivity (Wildman–Crippen MR) is 42.0 cm³/mol. The Kier molecular flexibility index (Phi) is 1.95. The van der Waals surface area contributed by atoms with Crippen molar-refractivity contribution in [1.82, 2.24) is 9.55 Å². The molecule has 0 N–H and O–H groups in total. The number of nitriles is 1. The van der Waals surface area contributed by atoms with Crippen molar-refractivity contribution in [2.75, 3.05) is 0 Å². The number of aryl methyl sites for hydroxylation is 1. The maximum Gasteiger partial charge on any atom is 0.161 e. The van der Waals surface area contributed by atoms with Gasteiger partial charge in [0.05, 0.1) is 5.69 Å². The second-order valence-corrected chi connectivity index (χ2v) is 2.49. The first-order valence-electron chi connectivity index (χ1n) is 3.63. The van der Waals surface area contributed by atoms with Gasteiger partial charge in [-0.1, -0.05) is 6.92 Å². The summed E-state index contributed by atoms with van der Waals surface area (Å²) in [7, 11) is 1.93. The lowest BCUT2D eigenvalue weighted by molar-refractivity contribution is 0.785. The van der Waals surface area contributed by atoms with E-state index in [2.05, 4.69) is 11.1 Å². The Balaban J connectivity index is 3.26. The Morgan fingerprint density at radius 1 is 1.64 bits per heavy atom. The maximum absolute atomic E-state index is 8.63. The summed E-state index contributed by atoms with van der Waals surface area (Å²) in [6.07, 6.45) is 0.874. The zero-order valence-electron chi connectivity index (χ0n) is 7.05. The summed E-state index contributed by atoms with van der Waals surface area (Å²) in [5, 5.41) is 8.63. The number of aromatic nitrogens is 2. The maximum atomic E-state index is 8.63. The molecule has 0 unspecified atom stereocenters. The summed E-state index contributed by atoms with van der Waals surface area (Å²) in [6.45, 7) is 3.94. The average Bonchev–Trinajstić information content (AvgIpc) is 2.30. The third-order valence-corrected chi connectivity index (χ3v) is 1.90. The van der Waals surface area contributed by atoms with Crippen LogP contribution in [0.3, 0.4) is 0 Å². The molecule has 0 aromatic carbocycles. The fourth-order valence-electron chi connectivity index (χ4n) is 1.06. The molecule has 0 saturated heterocycles. The van der Waals surface area contributed by atoms with Gasteiger partial charge in [-0.05, 0) is 6.92 Å². The van der Waals surface area contributed by atoms with Crippen molar-refractivity contribution in [2.45, 2.75) is 20.3 Å². The smallest absolute Gasteiger partial charge is 0.161 e. The highest BCUT2D eigenvalue weighted by molar-refractivity contribution is 5.27. The van der Waals surface area contributed by atoms with E-state index in [1.54, 1.807) is 0 Å². The van der Waals surface area contributed by atoms with E-state index in [0.717, 1.165) is 17.9 Å². The molecule has 0 aliphatic carbocycles. The van der Waals surface area contributed by atoms with Crippen LogP contribution in [-0.2, 0) is 13.5 Å². The van der Waals surface area contributed by atoms with Crippen LogP contribution in [0.5, 0.6) is 0 Å². The van der Waals surface area contributed by atoms with Crippen molar-refractivity contribution >= 4 is 0 Å². The molecule has 0 aliphatic rings. The summed E-state index contributed by atoms with van der Waals surface area (Å²) < 4.78 is 1.96. The summed E-state index contributed by atoms with van der Waals surface area (Å²) in [6, 6.07) is 2.06. The lowest BCUT2D eigenvalue weighted by atomic mass is 10.4. The van der Waals surface area contributed by atoms with E-state index in [0.29, 0.717) is 5.69 Å². The van der Waals surface area contributed by atoms with Crippen LogP contribution in [0.15, 0.2) is 0 Å². The molecule has 11 heavy (non-hydrogen) atoms. The SMILES string of the molecule is CCc1nc(C#N)c(C)n1C. The second kappa shape index (κ2) is 2.75. The third kappa shape index (κ3) is 1.12. The molecule has 0 aliphatic heterocycles. The van der Waals surface area contributed by atoms with E-state index in [1.807, 2.05) is 25.5 Å². The zero-order chi connectivity index (χ0) is 8.43. The van der Waals surface area contributed by atoms with Crippen molar-refractivity contribution in [1.29, 1.82) is 5.26 Å². The van der Waals surface area contributed by atoms with Gasteiger partial charge in [-0.3, -0.25) is 0 Å². The van der Waals surface area contributed by atoms with Crippen LogP contribution in [0.4, 0.5) is 0 Å². The van der Waals surface area contributed by atoms with Crippen LogP contribution in [0.2, 0.25) is 0 Å². The summed E-state index contributed by atoms with van der Waals surface area (Å²) in [5.74, 6) is 0.971. The highest BCUT2D eigenvalue weighted by atomic mass is 15.1. The quantitative estimate of drug-likeness (QED) is 0.601. The lowest BCUT2D eigenvalue weighted by Crippen LogP contribution is -1.96. The first-order chi connectivity index (χ1) is 5.20. The molecular weight excluding hydrogens is 138 g/mol. The Morgan fingerprint density at radius 2 is 2.27 bits per heavy atom. The average molecular weight is 149 g/mol. The van der Waals surface area contributed by atoms with Crippen molar-refractivity contribution in [3.63, 3.8) is 0 Å². The van der Waals surface area contributed by atoms with Crippen molar-refractivity contribution in [3.8, 4) is 6.07 Å². The van der Waals surface area contributed by atoms with E-state index < -0.39 is 0 Å². The van der Waals surface area contributed by atoms with Gasteiger partial charge in [0.1, 0.15) is 11.9 Å². The molecule has 1 aromatic heterocycles. The second-order valence-electron chi connectivity index (χ2n) is 2.49. The molecule has 1 heterocycles. The summed E-state index contributed by atoms with van der Waals surface area (Å²) in [5.41, 5.74) is 1.49. The molecule has 3 nitrogen and oxygen atoms in total. The normalized spacial score (nSPS) is 9.64. The number of nitrogens with zero attached hydrogens (tertiary/aromatic N) is 3. The van der Waals surface area contributed by atoms with Crippen LogP contribution in [0, 0.1) is 18.3 Å². The van der Waals surface area contributed by atoms with Gasteiger partial charge in [0, 0.05) is 13.5 Å². The van der Waals surface area contributed by atoms with Gasteiger partial charge >= 0.3 is 0 Å². The van der Waals surface area contributed by atoms with E-state index in [9.17, 15) is 0 Å². The van der Waals surface area contributed by atoms with Gasteiger partial charge in [-0.25, -0.2) is 4.98 Å². The molecule has 0 bridgehead atoms. The number of hydrogen-bond donors (Lipinski definition) is 0. The van der Waals surface area contributed by atoms with Crippen molar-refractivity contribution in [3.05, 3.63) is 17.2 Å². The first kappa shape index (κ1) is 7.80. The van der Waals surface area contributed by atoms with Gasteiger partial charge < -0.3 is 4.57 Å². The van der Waals surface area contributed by atoms with Gasteiger partial charge in [0.2, 0.25) is 0 Å². The topological polar surface area (TPSA) is 41.6 Å². The van der Waals surface area contributed by atoms with Crippen molar-refractivity contribution < 1.29 is 0 Å². The van der Waals surface area contributed by atoms with Crippen LogP contribution >= 0.6 is 0 Å². The molecule has 3 heteroatoms. The van der Waals surface area contributed by atoms with Gasteiger partial charge in [-0.2, -0.15) is 5.26 Å². The minimum atomic E-state index is 0.546. The van der Waals surface area contributed by atoms with Gasteiger partial charge in [0.25, 0.3) is 0 Å². The fourth-order valence-corrected chi connectivity index (χ4v) is 1.06. The molecule has 1 aromatic rings. The van der Waals surface area contributed by atoms with Gasteiger partial charge in [0.15, 0.2) is 5.69 Å². The molecule has 1 rings (SSSR count). The molecule has 0 amide bonds. The Morgan fingerprint density at radius 3 is 2.55 bits per heavy atom. The zero-order valence-corrected chi connectivity index (χ0v) is 7.05. The van der Waals surface area contributed by atoms with Crippen LogP contribution in [-0.4, -0.2) is 9.55 Å². The van der Waals surface area contributed by atoms with E-state index >= 15 is 0 Å². The standard InChI is InChI=1S/C8H11N3/c1-4-8-10-7(5-9)6(2)11(8)3/h4H2,1-3H3. The monoisotopic (exact) mass is 149 g/mol. The first-order valence-corrected chi connectivity index (χ1v) is 3.63. The molecule has 0 radical (unpaired) electrons. The number of hydrogen-bond acceptors (Lipinski definition) is 2. The molecule has 0 fully saturated rings. The highest BCUT2D eigenvalue weighted by Gasteiger charge is 2.07. The fraction of sp³-hybridized carbons (Fsp3) is 0.500. The molecule has 0 atom stereocenters. The number of imidazole rings is 1. The van der Waals surface area contributed by atoms with Gasteiger partial charge in [-0.15, -0.1) is 0 Å². The summed E-state index contributed by atoms with van der Waals surface area (Å²) in [4.78, 5) is 4.15. The Bertz CT molecular complexity index is 304. The van der Waals surface area contributed by atoms with E-state index in [4.69, 9.17) is 5.26 Å². The van der Waals surface area contributed by atoms with Crippen LogP contribution in [0.1, 0.15) is 24.1 Å². The summed E-state index contributed by atoms with van der Waals surface area (Å²) >= 11 is 0. The minimum Gasteiger partial charge on any atom is -0.334 e. The van der Waals surface area contributed by atoms with Crippen molar-refractivity contribution in [2.24, 2.45) is 7.05 Å². The van der Waals surface area contributed by atoms with Crippen LogP contribution in [0.25, 0.3) is 0 Å². The molecule has 0 spiro atoms. The Hall–Kier alpha value is -1.30. The molecule has 0 saturated carbocycles. The third-order valence-electron chi connectivity index (χ3n) is 1.90. The van der Waals surface area contributed by atoms with E-state index in [-0.39, 0.29) is 0 Å². The Labute approximate surface area is 66.3 Å². The number of rotatable bonds is 1. The largest absolute Gasteiger partial charge is 0.334 e. The predicted octanol–water partition coefficient (Wildman–Crippen LogP) is 1.16. The highest BCUT2D eigenvalue weighted by Crippen LogP contribution is 2.07. The molecular formula is C8H11N3. The molecule has 58 valence electrons. The van der Waals surface area contributed by atoms with Crippen LogP contribution < -0.4 is 0 Å².